The van der Waals surface area contributed by atoms with Crippen molar-refractivity contribution in [1.82, 2.24) is 39.9 Å². The van der Waals surface area contributed by atoms with E-state index >= 15 is 0 Å². The second kappa shape index (κ2) is 48.0. The molecule has 12 nitrogen and oxygen atoms in total. The van der Waals surface area contributed by atoms with E-state index in [1.54, 1.807) is 49.6 Å². The summed E-state index contributed by atoms with van der Waals surface area (Å²) in [6.07, 6.45) is 14.3. The van der Waals surface area contributed by atoms with Crippen LogP contribution in [0.3, 0.4) is 0 Å². The van der Waals surface area contributed by atoms with Crippen molar-refractivity contribution in [2.45, 2.75) is 55.4 Å². The Labute approximate surface area is 846 Å². The van der Waals surface area contributed by atoms with Gasteiger partial charge in [-0.25, -0.2) is 0 Å². The van der Waals surface area contributed by atoms with Crippen molar-refractivity contribution in [3.05, 3.63) is 482 Å². The topological polar surface area (TPSA) is 156 Å². The first kappa shape index (κ1) is 99.1. The Morgan fingerprint density at radius 1 is 0.191 bits per heavy atom. The molecule has 24 aromatic rings. The zero-order chi connectivity index (χ0) is 90.5. The summed E-state index contributed by atoms with van der Waals surface area (Å²) in [5.74, 6) is 0. The largest absolute Gasteiger partial charge is 0.501 e. The first-order chi connectivity index (χ1) is 64.8. The van der Waals surface area contributed by atoms with Crippen molar-refractivity contribution >= 4 is 87.8 Å². The van der Waals surface area contributed by atoms with Crippen LogP contribution in [0.1, 0.15) is 44.5 Å². The van der Waals surface area contributed by atoms with Gasteiger partial charge in [-0.3, -0.25) is 0 Å². The smallest absolute Gasteiger partial charge is 0.123 e. The summed E-state index contributed by atoms with van der Waals surface area (Å²) in [6.45, 7) is 16.5. The number of nitrogens with zero attached hydrogens (tertiary/aromatic N) is 8. The fourth-order valence-electron chi connectivity index (χ4n) is 15.1. The van der Waals surface area contributed by atoms with Gasteiger partial charge in [-0.1, -0.05) is 223 Å². The van der Waals surface area contributed by atoms with Crippen LogP contribution in [0.4, 0.5) is 0 Å². The summed E-state index contributed by atoms with van der Waals surface area (Å²) in [5.41, 5.74) is 32.1. The summed E-state index contributed by atoms with van der Waals surface area (Å²) < 4.78 is 24.2. The molecule has 676 valence electrons. The van der Waals surface area contributed by atoms with E-state index in [0.29, 0.717) is 0 Å². The zero-order valence-corrected chi connectivity index (χ0v) is 85.1. The standard InChI is InChI=1S/4C18H12NO.4C12H10N.4Ir/c1-12-6-4-10-16-17(12)14-8-5-7-13(18(14)20-16)15-9-2-3-11-19-15;1-12-6-4-7-13-14-8-5-9-15(18(14)20-17(12)13)16-10-2-3-11-19-16;1-12-8-9-13-14-5-4-6-15(16-7-2-3-10-19-16)18(14)20-17(13)11-12;1-12-8-9-17-15(11-12)13-5-4-6-14(18(13)20-17)16-7-2-3-10-19-16;4*1-10-5-7-11(8-6-10)12-4-2-3-9-13-12;;;;/h2-6,8-11H,1H3;2-8,10-11H,1H3;2*2-5,7-11H,1H3;4*2-7,9H,1H3;;;;/q8*-1;;;;. The molecule has 0 bridgehead atoms. The SMILES string of the molecule is Cc1c[c-]c(-c2ccccn2)cc1.Cc1c[c-]c(-c2ccccn2)cc1.Cc1c[c-]c(-c2ccccn2)cc1.Cc1c[c-]c(-c2ccccn2)cc1.Cc1ccc2c(c1)oc1c(-c3ccccn3)[c-]ccc12.Cc1ccc2oc3c(-c4ccccn4)[c-]ccc3c2c1.Cc1cccc2c1oc1c(-c3ccccn3)[c-]ccc12.Cc1cccc2oc3c(-c4ccccn4)[c-]ccc3c12.[Ir].[Ir].[Ir].[Ir]. The van der Waals surface area contributed by atoms with E-state index in [2.05, 4.69) is 229 Å². The molecule has 12 aromatic heterocycles. The molecule has 4 radical (unpaired) electrons. The maximum Gasteiger partial charge on any atom is 0.123 e. The van der Waals surface area contributed by atoms with Crippen LogP contribution < -0.4 is 0 Å². The van der Waals surface area contributed by atoms with Gasteiger partial charge in [0.15, 0.2) is 0 Å². The summed E-state index contributed by atoms with van der Waals surface area (Å²) in [4.78, 5) is 34.6. The monoisotopic (exact) mass is 2480 g/mol. The van der Waals surface area contributed by atoms with E-state index in [1.807, 2.05) is 255 Å². The fraction of sp³-hybridized carbons (Fsp3) is 0.0667. The molecule has 0 spiro atoms. The molecule has 0 fully saturated rings. The molecule has 0 aliphatic heterocycles. The fourth-order valence-corrected chi connectivity index (χ4v) is 15.1. The van der Waals surface area contributed by atoms with Crippen molar-refractivity contribution in [2.24, 2.45) is 0 Å². The number of fused-ring (bicyclic) bond motifs is 12. The van der Waals surface area contributed by atoms with Crippen molar-refractivity contribution in [2.75, 3.05) is 0 Å². The molecule has 0 saturated heterocycles. The predicted molar refractivity (Wildman–Crippen MR) is 535 cm³/mol. The average Bonchev–Trinajstić information content (AvgIpc) is 1.62. The quantitative estimate of drug-likeness (QED) is 0.133. The molecule has 0 aliphatic carbocycles. The van der Waals surface area contributed by atoms with Gasteiger partial charge in [-0.2, -0.15) is 0 Å². The molecule has 0 unspecified atom stereocenters. The van der Waals surface area contributed by atoms with Gasteiger partial charge in [-0.05, 0) is 163 Å². The molecule has 136 heavy (non-hydrogen) atoms. The number of benzene rings is 12. The van der Waals surface area contributed by atoms with E-state index in [-0.39, 0.29) is 80.4 Å². The van der Waals surface area contributed by atoms with Crippen LogP contribution >= 0.6 is 0 Å². The second-order valence-corrected chi connectivity index (χ2v) is 31.5. The van der Waals surface area contributed by atoms with Gasteiger partial charge < -0.3 is 57.5 Å². The maximum absolute atomic E-state index is 6.10. The number of para-hydroxylation sites is 1. The third-order valence-electron chi connectivity index (χ3n) is 21.8. The zero-order valence-electron chi connectivity index (χ0n) is 75.5. The van der Waals surface area contributed by atoms with Gasteiger partial charge in [0.25, 0.3) is 0 Å². The second-order valence-electron chi connectivity index (χ2n) is 31.5. The molecule has 0 saturated carbocycles. The first-order valence-corrected chi connectivity index (χ1v) is 43.4. The van der Waals surface area contributed by atoms with Crippen LogP contribution in [0, 0.1) is 104 Å². The number of aryl methyl sites for hydroxylation is 8. The molecule has 0 N–H and O–H groups in total. The van der Waals surface area contributed by atoms with Gasteiger partial charge in [0.05, 0.1) is 22.3 Å². The van der Waals surface area contributed by atoms with Crippen molar-refractivity contribution < 1.29 is 98.1 Å². The molecule has 0 aliphatic rings. The summed E-state index contributed by atoms with van der Waals surface area (Å²) in [6, 6.07) is 138. The third-order valence-corrected chi connectivity index (χ3v) is 21.8. The van der Waals surface area contributed by atoms with Gasteiger partial charge >= 0.3 is 0 Å². The third kappa shape index (κ3) is 24.2. The van der Waals surface area contributed by atoms with Gasteiger partial charge in [0, 0.05) is 152 Å². The molecule has 0 atom stereocenters. The Bertz CT molecular complexity index is 7490. The Balaban J connectivity index is 0.000000132. The number of furan rings is 4. The van der Waals surface area contributed by atoms with Crippen LogP contribution in [-0.2, 0) is 80.4 Å². The predicted octanol–water partition coefficient (Wildman–Crippen LogP) is 30.4. The summed E-state index contributed by atoms with van der Waals surface area (Å²) in [5, 5.41) is 9.06. The van der Waals surface area contributed by atoms with Crippen LogP contribution in [0.5, 0.6) is 0 Å². The van der Waals surface area contributed by atoms with Gasteiger partial charge in [-0.15, -0.1) is 214 Å². The molecule has 24 rings (SSSR count). The van der Waals surface area contributed by atoms with Gasteiger partial charge in [0.2, 0.25) is 0 Å². The van der Waals surface area contributed by atoms with Crippen molar-refractivity contribution in [1.29, 1.82) is 0 Å². The number of pyridine rings is 8. The van der Waals surface area contributed by atoms with E-state index in [9.17, 15) is 0 Å². The number of hydrogen-bond acceptors (Lipinski definition) is 12. The summed E-state index contributed by atoms with van der Waals surface area (Å²) in [7, 11) is 0. The Hall–Kier alpha value is -14.4. The van der Waals surface area contributed by atoms with E-state index in [4.69, 9.17) is 17.7 Å². The minimum atomic E-state index is 0. The van der Waals surface area contributed by atoms with E-state index < -0.39 is 0 Å². The van der Waals surface area contributed by atoms with Crippen molar-refractivity contribution in [3.8, 4) is 90.1 Å². The maximum atomic E-state index is 6.10. The minimum absolute atomic E-state index is 0. The molecule has 12 aromatic carbocycles. The molecule has 12 heterocycles. The van der Waals surface area contributed by atoms with Crippen LogP contribution in [0.25, 0.3) is 178 Å². The molecular formula is C120H88Ir4N8O4-8. The molecule has 0 amide bonds. The first-order valence-electron chi connectivity index (χ1n) is 43.4. The number of rotatable bonds is 8. The van der Waals surface area contributed by atoms with Crippen LogP contribution in [0.2, 0.25) is 0 Å². The van der Waals surface area contributed by atoms with Crippen LogP contribution in [-0.4, -0.2) is 39.9 Å². The average molecular weight is 2470 g/mol. The Morgan fingerprint density at radius 2 is 0.485 bits per heavy atom. The van der Waals surface area contributed by atoms with Crippen molar-refractivity contribution in [3.63, 3.8) is 0 Å². The molecular weight excluding hydrogens is 2390 g/mol. The number of hydrogen-bond donors (Lipinski definition) is 0. The normalized spacial score (nSPS) is 10.4. The summed E-state index contributed by atoms with van der Waals surface area (Å²) >= 11 is 0. The Morgan fingerprint density at radius 3 is 0.853 bits per heavy atom. The minimum Gasteiger partial charge on any atom is -0.501 e. The van der Waals surface area contributed by atoms with E-state index in [1.165, 1.54) is 44.3 Å². The van der Waals surface area contributed by atoms with Crippen LogP contribution in [0.15, 0.2) is 407 Å². The number of aromatic nitrogens is 8. The Kier molecular flexibility index (Phi) is 35.0. The van der Waals surface area contributed by atoms with E-state index in [0.717, 1.165) is 178 Å². The molecule has 16 heteroatoms. The van der Waals surface area contributed by atoms with Gasteiger partial charge in [0.1, 0.15) is 22.3 Å².